The maximum Gasteiger partial charge on any atom is 0.212 e. The second-order valence-corrected chi connectivity index (χ2v) is 7.89. The minimum atomic E-state index is 0.542. The van der Waals surface area contributed by atoms with Crippen molar-refractivity contribution in [2.45, 2.75) is 5.16 Å². The van der Waals surface area contributed by atoms with Crippen LogP contribution in [0.2, 0.25) is 10.0 Å². The quantitative estimate of drug-likeness (QED) is 0.410. The topological polar surface area (TPSA) is 56.2 Å². The van der Waals surface area contributed by atoms with E-state index in [1.165, 1.54) is 0 Å². The Morgan fingerprint density at radius 1 is 0.929 bits per heavy atom. The lowest BCUT2D eigenvalue weighted by Gasteiger charge is -2.12. The first-order chi connectivity index (χ1) is 13.7. The standard InChI is InChI=1S/C20H12Cl2N4OS/c21-13-6-7-14(15(22)10-13)17-8-9-18(27-17)16-11-28-20-24-23-19(26(20)25-16)12-4-2-1-3-5-12/h1-10H,11H2. The van der Waals surface area contributed by atoms with Gasteiger partial charge in [-0.15, -0.1) is 10.2 Å². The van der Waals surface area contributed by atoms with E-state index in [9.17, 15) is 0 Å². The highest BCUT2D eigenvalue weighted by Crippen LogP contribution is 2.33. The average Bonchev–Trinajstić information content (AvgIpc) is 3.35. The van der Waals surface area contributed by atoms with Crippen LogP contribution in [-0.2, 0) is 0 Å². The van der Waals surface area contributed by atoms with Crippen LogP contribution in [0, 0.1) is 0 Å². The molecule has 0 radical (unpaired) electrons. The molecule has 2 aromatic heterocycles. The molecule has 0 bridgehead atoms. The number of aromatic nitrogens is 3. The smallest absolute Gasteiger partial charge is 0.212 e. The zero-order valence-electron chi connectivity index (χ0n) is 14.3. The third-order valence-corrected chi connectivity index (χ3v) is 5.77. The summed E-state index contributed by atoms with van der Waals surface area (Å²) < 4.78 is 7.80. The van der Waals surface area contributed by atoms with Crippen molar-refractivity contribution in [1.82, 2.24) is 14.9 Å². The summed E-state index contributed by atoms with van der Waals surface area (Å²) in [5.41, 5.74) is 2.56. The van der Waals surface area contributed by atoms with Crippen LogP contribution in [0.1, 0.15) is 5.76 Å². The highest BCUT2D eigenvalue weighted by Gasteiger charge is 2.22. The van der Waals surface area contributed by atoms with Crippen molar-refractivity contribution in [1.29, 1.82) is 0 Å². The first kappa shape index (κ1) is 17.6. The maximum absolute atomic E-state index is 6.30. The summed E-state index contributed by atoms with van der Waals surface area (Å²) in [4.78, 5) is 0. The van der Waals surface area contributed by atoms with Gasteiger partial charge in [-0.2, -0.15) is 9.78 Å². The number of halogens is 2. The van der Waals surface area contributed by atoms with Gasteiger partial charge >= 0.3 is 0 Å². The molecule has 28 heavy (non-hydrogen) atoms. The van der Waals surface area contributed by atoms with Gasteiger partial charge in [0.25, 0.3) is 0 Å². The predicted octanol–water partition coefficient (Wildman–Crippen LogP) is 5.87. The lowest BCUT2D eigenvalue weighted by Crippen LogP contribution is -2.13. The molecule has 4 aromatic rings. The van der Waals surface area contributed by atoms with E-state index in [1.54, 1.807) is 28.6 Å². The highest BCUT2D eigenvalue weighted by molar-refractivity contribution is 7.99. The molecule has 0 unspecified atom stereocenters. The molecule has 0 saturated heterocycles. The van der Waals surface area contributed by atoms with E-state index in [-0.39, 0.29) is 0 Å². The van der Waals surface area contributed by atoms with Crippen LogP contribution < -0.4 is 0 Å². The second-order valence-electron chi connectivity index (χ2n) is 6.11. The predicted molar refractivity (Wildman–Crippen MR) is 112 cm³/mol. The van der Waals surface area contributed by atoms with Crippen LogP contribution in [0.15, 0.2) is 75.3 Å². The molecule has 0 saturated carbocycles. The van der Waals surface area contributed by atoms with Crippen LogP contribution >= 0.6 is 35.0 Å². The van der Waals surface area contributed by atoms with E-state index in [4.69, 9.17) is 32.7 Å². The zero-order chi connectivity index (χ0) is 19.1. The van der Waals surface area contributed by atoms with Gasteiger partial charge in [0.05, 0.1) is 5.02 Å². The Kier molecular flexibility index (Phi) is 4.47. The molecule has 0 amide bonds. The molecule has 0 N–H and O–H groups in total. The van der Waals surface area contributed by atoms with Crippen LogP contribution in [0.5, 0.6) is 0 Å². The van der Waals surface area contributed by atoms with Crippen LogP contribution in [0.25, 0.3) is 22.7 Å². The van der Waals surface area contributed by atoms with Gasteiger partial charge in [0.2, 0.25) is 5.16 Å². The van der Waals surface area contributed by atoms with Gasteiger partial charge in [-0.05, 0) is 30.3 Å². The Morgan fingerprint density at radius 3 is 2.57 bits per heavy atom. The fourth-order valence-corrected chi connectivity index (χ4v) is 4.26. The number of hydrogen-bond acceptors (Lipinski definition) is 5. The SMILES string of the molecule is Clc1ccc(-c2ccc(C3=Nn4c(nnc4-c4ccccc4)SC3)o2)c(Cl)c1. The number of benzene rings is 2. The Labute approximate surface area is 175 Å². The molecule has 1 aliphatic rings. The molecule has 138 valence electrons. The van der Waals surface area contributed by atoms with E-state index in [2.05, 4.69) is 10.2 Å². The lowest BCUT2D eigenvalue weighted by atomic mass is 10.2. The summed E-state index contributed by atoms with van der Waals surface area (Å²) in [7, 11) is 0. The first-order valence-electron chi connectivity index (χ1n) is 8.46. The third kappa shape index (κ3) is 3.13. The molecular formula is C20H12Cl2N4OS. The zero-order valence-corrected chi connectivity index (χ0v) is 16.7. The fourth-order valence-electron chi connectivity index (χ4n) is 2.94. The van der Waals surface area contributed by atoms with Crippen molar-refractivity contribution in [2.24, 2.45) is 5.10 Å². The summed E-state index contributed by atoms with van der Waals surface area (Å²) in [5, 5.41) is 15.2. The molecule has 2 aromatic carbocycles. The van der Waals surface area contributed by atoms with Crippen LogP contribution in [0.4, 0.5) is 0 Å². The number of hydrogen-bond donors (Lipinski definition) is 0. The summed E-state index contributed by atoms with van der Waals surface area (Å²) in [6.07, 6.45) is 0. The largest absolute Gasteiger partial charge is 0.455 e. The van der Waals surface area contributed by atoms with E-state index < -0.39 is 0 Å². The van der Waals surface area contributed by atoms with Gasteiger partial charge in [-0.1, -0.05) is 65.3 Å². The molecule has 0 spiro atoms. The summed E-state index contributed by atoms with van der Waals surface area (Å²) in [5.74, 6) is 2.70. The third-order valence-electron chi connectivity index (χ3n) is 4.29. The number of nitrogens with zero attached hydrogens (tertiary/aromatic N) is 4. The summed E-state index contributed by atoms with van der Waals surface area (Å²) in [6.45, 7) is 0. The minimum absolute atomic E-state index is 0.542. The number of thioether (sulfide) groups is 1. The first-order valence-corrected chi connectivity index (χ1v) is 10.2. The van der Waals surface area contributed by atoms with Crippen molar-refractivity contribution < 1.29 is 4.42 Å². The minimum Gasteiger partial charge on any atom is -0.455 e. The van der Waals surface area contributed by atoms with Gasteiger partial charge in [-0.25, -0.2) is 0 Å². The molecule has 3 heterocycles. The highest BCUT2D eigenvalue weighted by atomic mass is 35.5. The maximum atomic E-state index is 6.30. The van der Waals surface area contributed by atoms with Crippen molar-refractivity contribution in [3.63, 3.8) is 0 Å². The molecular weight excluding hydrogens is 415 g/mol. The molecule has 0 atom stereocenters. The normalized spacial score (nSPS) is 13.3. The van der Waals surface area contributed by atoms with Gasteiger partial charge in [-0.3, -0.25) is 0 Å². The van der Waals surface area contributed by atoms with Gasteiger partial charge in [0.1, 0.15) is 11.5 Å². The molecule has 1 aliphatic heterocycles. The van der Waals surface area contributed by atoms with Gasteiger partial charge in [0, 0.05) is 21.9 Å². The van der Waals surface area contributed by atoms with Gasteiger partial charge in [0.15, 0.2) is 11.6 Å². The lowest BCUT2D eigenvalue weighted by molar-refractivity contribution is 0.570. The number of furan rings is 1. The molecule has 5 nitrogen and oxygen atoms in total. The molecule has 5 rings (SSSR count). The Hall–Kier alpha value is -2.54. The van der Waals surface area contributed by atoms with Crippen molar-refractivity contribution in [3.8, 4) is 22.7 Å². The van der Waals surface area contributed by atoms with E-state index in [1.807, 2.05) is 48.5 Å². The fraction of sp³-hybridized carbons (Fsp3) is 0.0500. The monoisotopic (exact) mass is 426 g/mol. The number of fused-ring (bicyclic) bond motifs is 1. The Morgan fingerprint density at radius 2 is 1.75 bits per heavy atom. The van der Waals surface area contributed by atoms with E-state index in [0.717, 1.165) is 22.0 Å². The molecule has 0 aliphatic carbocycles. The summed E-state index contributed by atoms with van der Waals surface area (Å²) >= 11 is 13.9. The summed E-state index contributed by atoms with van der Waals surface area (Å²) in [6, 6.07) is 19.0. The van der Waals surface area contributed by atoms with Crippen molar-refractivity contribution in [2.75, 3.05) is 5.75 Å². The van der Waals surface area contributed by atoms with Crippen molar-refractivity contribution in [3.05, 3.63) is 76.5 Å². The van der Waals surface area contributed by atoms with Crippen molar-refractivity contribution >= 4 is 40.7 Å². The van der Waals surface area contributed by atoms with E-state index in [0.29, 0.717) is 33.1 Å². The molecule has 0 fully saturated rings. The number of rotatable bonds is 3. The molecule has 8 heteroatoms. The Balaban J connectivity index is 1.52. The second kappa shape index (κ2) is 7.13. The van der Waals surface area contributed by atoms with Crippen LogP contribution in [0.3, 0.4) is 0 Å². The van der Waals surface area contributed by atoms with Gasteiger partial charge < -0.3 is 4.42 Å². The van der Waals surface area contributed by atoms with E-state index >= 15 is 0 Å². The Bertz CT molecular complexity index is 1200. The average molecular weight is 427 g/mol. The van der Waals surface area contributed by atoms with Crippen LogP contribution in [-0.4, -0.2) is 26.3 Å².